The number of piperazine rings is 1. The Hall–Kier alpha value is -2.16. The Kier molecular flexibility index (Phi) is 5.22. The molecule has 0 amide bonds. The number of aromatic nitrogens is 2. The Morgan fingerprint density at radius 3 is 2.52 bits per heavy atom. The summed E-state index contributed by atoms with van der Waals surface area (Å²) < 4.78 is 0. The van der Waals surface area contributed by atoms with Gasteiger partial charge in [-0.1, -0.05) is 23.2 Å². The van der Waals surface area contributed by atoms with Crippen molar-refractivity contribution in [2.24, 2.45) is 0 Å². The summed E-state index contributed by atoms with van der Waals surface area (Å²) >= 11 is 11.9. The first-order chi connectivity index (χ1) is 12.0. The molecule has 2 aromatic rings. The Balaban J connectivity index is 1.95. The quantitative estimate of drug-likeness (QED) is 0.641. The van der Waals surface area contributed by atoms with Gasteiger partial charge in [0.05, 0.1) is 15.0 Å². The van der Waals surface area contributed by atoms with Crippen molar-refractivity contribution in [1.82, 2.24) is 14.9 Å². The molecule has 3 rings (SSSR count). The van der Waals surface area contributed by atoms with Gasteiger partial charge < -0.3 is 15.1 Å². The van der Waals surface area contributed by atoms with E-state index in [2.05, 4.69) is 20.2 Å². The van der Waals surface area contributed by atoms with Crippen LogP contribution in [-0.2, 0) is 0 Å². The topological polar surface area (TPSA) is 87.4 Å². The summed E-state index contributed by atoms with van der Waals surface area (Å²) in [6, 6.07) is 4.88. The molecule has 132 valence electrons. The summed E-state index contributed by atoms with van der Waals surface area (Å²) in [7, 11) is 2.02. The van der Waals surface area contributed by atoms with Gasteiger partial charge in [0.15, 0.2) is 0 Å². The van der Waals surface area contributed by atoms with Gasteiger partial charge in [-0.3, -0.25) is 10.1 Å². The molecule has 1 aliphatic heterocycles. The van der Waals surface area contributed by atoms with Crippen molar-refractivity contribution < 1.29 is 4.92 Å². The lowest BCUT2D eigenvalue weighted by atomic mass is 10.3. The van der Waals surface area contributed by atoms with E-state index in [-0.39, 0.29) is 11.5 Å². The Morgan fingerprint density at radius 2 is 1.88 bits per heavy atom. The number of benzene rings is 1. The summed E-state index contributed by atoms with van der Waals surface area (Å²) in [5.74, 6) is 0.433. The minimum absolute atomic E-state index is 0.118. The third-order valence-electron chi connectivity index (χ3n) is 3.97. The van der Waals surface area contributed by atoms with Crippen LogP contribution in [0.15, 0.2) is 24.5 Å². The smallest absolute Gasteiger partial charge is 0.348 e. The molecule has 1 saturated heterocycles. The number of hydrogen-bond donors (Lipinski definition) is 1. The molecule has 25 heavy (non-hydrogen) atoms. The van der Waals surface area contributed by atoms with Gasteiger partial charge >= 0.3 is 5.69 Å². The van der Waals surface area contributed by atoms with E-state index in [0.717, 1.165) is 13.1 Å². The van der Waals surface area contributed by atoms with Crippen LogP contribution in [0.4, 0.5) is 23.0 Å². The molecule has 1 aromatic heterocycles. The van der Waals surface area contributed by atoms with Gasteiger partial charge in [0.1, 0.15) is 6.33 Å². The highest BCUT2D eigenvalue weighted by Crippen LogP contribution is 2.35. The monoisotopic (exact) mass is 382 g/mol. The molecule has 0 bridgehead atoms. The predicted molar refractivity (Wildman–Crippen MR) is 98.1 cm³/mol. The first kappa shape index (κ1) is 17.7. The van der Waals surface area contributed by atoms with Crippen LogP contribution in [0.3, 0.4) is 0 Å². The lowest BCUT2D eigenvalue weighted by Crippen LogP contribution is -2.45. The van der Waals surface area contributed by atoms with E-state index in [1.165, 1.54) is 6.33 Å². The van der Waals surface area contributed by atoms with Crippen molar-refractivity contribution >= 4 is 46.2 Å². The molecule has 1 N–H and O–H groups in total. The fourth-order valence-electron chi connectivity index (χ4n) is 2.59. The van der Waals surface area contributed by atoms with Gasteiger partial charge in [-0.05, 0) is 25.2 Å². The summed E-state index contributed by atoms with van der Waals surface area (Å²) in [4.78, 5) is 23.5. The average molecular weight is 383 g/mol. The zero-order chi connectivity index (χ0) is 18.0. The molecule has 0 unspecified atom stereocenters. The van der Waals surface area contributed by atoms with Crippen LogP contribution in [0.1, 0.15) is 0 Å². The Bertz CT molecular complexity index is 796. The van der Waals surface area contributed by atoms with E-state index >= 15 is 0 Å². The van der Waals surface area contributed by atoms with Crippen LogP contribution in [0.5, 0.6) is 0 Å². The van der Waals surface area contributed by atoms with Gasteiger partial charge in [0.25, 0.3) is 0 Å². The van der Waals surface area contributed by atoms with Crippen LogP contribution < -0.4 is 10.2 Å². The van der Waals surface area contributed by atoms with Gasteiger partial charge in [0, 0.05) is 31.9 Å². The number of hydrogen-bond acceptors (Lipinski definition) is 7. The first-order valence-electron chi connectivity index (χ1n) is 7.60. The molecule has 1 aromatic carbocycles. The minimum atomic E-state index is -0.465. The Morgan fingerprint density at radius 1 is 1.16 bits per heavy atom. The number of halogens is 2. The van der Waals surface area contributed by atoms with Gasteiger partial charge in [-0.2, -0.15) is 0 Å². The van der Waals surface area contributed by atoms with Crippen molar-refractivity contribution in [2.45, 2.75) is 0 Å². The minimum Gasteiger partial charge on any atom is -0.348 e. The molecule has 1 fully saturated rings. The zero-order valence-corrected chi connectivity index (χ0v) is 15.0. The summed E-state index contributed by atoms with van der Waals surface area (Å²) in [6.07, 6.45) is 1.32. The number of nitrogens with one attached hydrogen (secondary N) is 1. The van der Waals surface area contributed by atoms with Crippen LogP contribution in [-0.4, -0.2) is 53.0 Å². The molecule has 0 spiro atoms. The number of nitro groups is 1. The zero-order valence-electron chi connectivity index (χ0n) is 13.4. The largest absolute Gasteiger partial charge is 0.353 e. The third kappa shape index (κ3) is 3.92. The highest BCUT2D eigenvalue weighted by atomic mass is 35.5. The second-order valence-electron chi connectivity index (χ2n) is 5.70. The van der Waals surface area contributed by atoms with Crippen LogP contribution in [0.25, 0.3) is 0 Å². The van der Waals surface area contributed by atoms with E-state index in [1.807, 2.05) is 11.9 Å². The standard InChI is InChI=1S/C15H16Cl2N6O2/c1-21-4-6-22(7-5-21)15-13(23(24)25)14(18-9-19-15)20-10-2-3-11(16)12(17)8-10/h2-3,8-9H,4-7H2,1H3,(H,18,19,20). The predicted octanol–water partition coefficient (Wildman–Crippen LogP) is 3.19. The number of rotatable bonds is 4. The molecule has 8 nitrogen and oxygen atoms in total. The van der Waals surface area contributed by atoms with Crippen molar-refractivity contribution in [1.29, 1.82) is 0 Å². The molecule has 0 radical (unpaired) electrons. The molecule has 0 aliphatic carbocycles. The van der Waals surface area contributed by atoms with Crippen molar-refractivity contribution in [3.63, 3.8) is 0 Å². The van der Waals surface area contributed by atoms with E-state index in [4.69, 9.17) is 23.2 Å². The highest BCUT2D eigenvalue weighted by Gasteiger charge is 2.28. The fourth-order valence-corrected chi connectivity index (χ4v) is 2.89. The van der Waals surface area contributed by atoms with Crippen molar-refractivity contribution in [3.05, 3.63) is 44.7 Å². The third-order valence-corrected chi connectivity index (χ3v) is 4.71. The molecular formula is C15H16Cl2N6O2. The molecular weight excluding hydrogens is 367 g/mol. The van der Waals surface area contributed by atoms with Crippen molar-refractivity contribution in [2.75, 3.05) is 43.4 Å². The van der Waals surface area contributed by atoms with Crippen LogP contribution in [0, 0.1) is 10.1 Å². The number of anilines is 3. The van der Waals surface area contributed by atoms with E-state index in [1.54, 1.807) is 18.2 Å². The van der Waals surface area contributed by atoms with E-state index < -0.39 is 4.92 Å². The normalized spacial score (nSPS) is 15.2. The first-order valence-corrected chi connectivity index (χ1v) is 8.36. The molecule has 0 atom stereocenters. The second-order valence-corrected chi connectivity index (χ2v) is 6.51. The van der Waals surface area contributed by atoms with Gasteiger partial charge in [-0.25, -0.2) is 9.97 Å². The lowest BCUT2D eigenvalue weighted by Gasteiger charge is -2.32. The maximum Gasteiger partial charge on any atom is 0.353 e. The summed E-state index contributed by atoms with van der Waals surface area (Å²) in [5, 5.41) is 15.4. The van der Waals surface area contributed by atoms with Crippen molar-refractivity contribution in [3.8, 4) is 0 Å². The molecule has 0 saturated carbocycles. The molecule has 1 aliphatic rings. The maximum absolute atomic E-state index is 11.7. The fraction of sp³-hybridized carbons (Fsp3) is 0.333. The summed E-state index contributed by atoms with van der Waals surface area (Å²) in [6.45, 7) is 2.97. The average Bonchev–Trinajstić information content (AvgIpc) is 2.58. The van der Waals surface area contributed by atoms with Crippen LogP contribution >= 0.6 is 23.2 Å². The number of nitrogens with zero attached hydrogens (tertiary/aromatic N) is 5. The van der Waals surface area contributed by atoms with Gasteiger partial charge in [0.2, 0.25) is 11.6 Å². The van der Waals surface area contributed by atoms with E-state index in [9.17, 15) is 10.1 Å². The summed E-state index contributed by atoms with van der Waals surface area (Å²) in [5.41, 5.74) is 0.402. The number of likely N-dealkylation sites (N-methyl/N-ethyl adjacent to an activating group) is 1. The lowest BCUT2D eigenvalue weighted by molar-refractivity contribution is -0.383. The highest BCUT2D eigenvalue weighted by molar-refractivity contribution is 6.42. The van der Waals surface area contributed by atoms with E-state index in [0.29, 0.717) is 34.6 Å². The Labute approximate surface area is 154 Å². The van der Waals surface area contributed by atoms with Crippen LogP contribution in [0.2, 0.25) is 10.0 Å². The SMILES string of the molecule is CN1CCN(c2ncnc(Nc3ccc(Cl)c(Cl)c3)c2[N+](=O)[O-])CC1. The molecule has 2 heterocycles. The maximum atomic E-state index is 11.7. The van der Waals surface area contributed by atoms with Gasteiger partial charge in [-0.15, -0.1) is 0 Å². The second kappa shape index (κ2) is 7.38. The molecule has 10 heteroatoms.